The Labute approximate surface area is 119 Å². The molecule has 2 rings (SSSR count). The van der Waals surface area contributed by atoms with Gasteiger partial charge in [-0.25, -0.2) is 0 Å². The Morgan fingerprint density at radius 1 is 1.05 bits per heavy atom. The first kappa shape index (κ1) is 14.1. The molecule has 0 saturated heterocycles. The van der Waals surface area contributed by atoms with Crippen molar-refractivity contribution in [3.63, 3.8) is 0 Å². The van der Waals surface area contributed by atoms with Gasteiger partial charge in [-0.05, 0) is 44.2 Å². The van der Waals surface area contributed by atoms with Gasteiger partial charge in [0.2, 0.25) is 0 Å². The summed E-state index contributed by atoms with van der Waals surface area (Å²) in [5.74, 6) is 0.935. The molecule has 1 N–H and O–H groups in total. The van der Waals surface area contributed by atoms with Crippen LogP contribution in [0.4, 0.5) is 0 Å². The van der Waals surface area contributed by atoms with Crippen molar-refractivity contribution in [3.05, 3.63) is 51.7 Å². The maximum Gasteiger partial charge on any atom is 0.122 e. The van der Waals surface area contributed by atoms with Crippen molar-refractivity contribution < 1.29 is 4.74 Å². The Morgan fingerprint density at radius 3 is 2.53 bits per heavy atom. The maximum atomic E-state index is 5.78. The van der Waals surface area contributed by atoms with E-state index in [-0.39, 0.29) is 0 Å². The first-order chi connectivity index (χ1) is 9.28. The highest BCUT2D eigenvalue weighted by Gasteiger charge is 2.01. The zero-order valence-corrected chi connectivity index (χ0v) is 12.4. The van der Waals surface area contributed by atoms with Crippen LogP contribution < -0.4 is 10.1 Å². The highest BCUT2D eigenvalue weighted by Crippen LogP contribution is 2.19. The molecule has 102 valence electrons. The molecule has 0 amide bonds. The molecule has 0 fully saturated rings. The van der Waals surface area contributed by atoms with E-state index in [4.69, 9.17) is 4.74 Å². The molecule has 0 aliphatic heterocycles. The van der Waals surface area contributed by atoms with Crippen LogP contribution in [0, 0.1) is 6.92 Å². The average Bonchev–Trinajstić information content (AvgIpc) is 2.86. The van der Waals surface area contributed by atoms with E-state index in [2.05, 4.69) is 43.4 Å². The van der Waals surface area contributed by atoms with Gasteiger partial charge in [0.25, 0.3) is 0 Å². The number of hydrogen-bond acceptors (Lipinski definition) is 3. The lowest BCUT2D eigenvalue weighted by molar-refractivity contribution is 0.310. The number of rotatable bonds is 7. The molecule has 0 bridgehead atoms. The fraction of sp³-hybridized carbons (Fsp3) is 0.375. The Morgan fingerprint density at radius 2 is 1.79 bits per heavy atom. The minimum atomic E-state index is 0.654. The second-order valence-electron chi connectivity index (χ2n) is 4.65. The monoisotopic (exact) mass is 275 g/mol. The van der Waals surface area contributed by atoms with Gasteiger partial charge in [0.15, 0.2) is 0 Å². The number of hydrogen-bond donors (Lipinski definition) is 1. The molecule has 3 heteroatoms. The average molecular weight is 275 g/mol. The molecule has 2 aromatic rings. The van der Waals surface area contributed by atoms with E-state index in [0.717, 1.165) is 18.8 Å². The summed E-state index contributed by atoms with van der Waals surface area (Å²) in [6.45, 7) is 6.96. The summed E-state index contributed by atoms with van der Waals surface area (Å²) in [5.41, 5.74) is 1.26. The molecule has 1 aromatic carbocycles. The van der Waals surface area contributed by atoms with Crippen LogP contribution in [0.2, 0.25) is 0 Å². The van der Waals surface area contributed by atoms with E-state index < -0.39 is 0 Å². The number of nitrogens with one attached hydrogen (secondary N) is 1. The molecule has 0 saturated carbocycles. The second kappa shape index (κ2) is 7.31. The van der Waals surface area contributed by atoms with Gasteiger partial charge in [-0.1, -0.05) is 24.6 Å². The third kappa shape index (κ3) is 4.69. The first-order valence-corrected chi connectivity index (χ1v) is 7.57. The normalized spacial score (nSPS) is 10.6. The highest BCUT2D eigenvalue weighted by atomic mass is 32.1. The van der Waals surface area contributed by atoms with Gasteiger partial charge in [0, 0.05) is 16.3 Å². The van der Waals surface area contributed by atoms with Crippen LogP contribution in [-0.4, -0.2) is 6.54 Å². The van der Waals surface area contributed by atoms with E-state index >= 15 is 0 Å². The van der Waals surface area contributed by atoms with E-state index in [9.17, 15) is 0 Å². The fourth-order valence-electron chi connectivity index (χ4n) is 1.77. The SMILES string of the molecule is CCCNCc1ccc(COc2ccc(C)cc2)s1. The molecule has 0 radical (unpaired) electrons. The second-order valence-corrected chi connectivity index (χ2v) is 5.90. The number of ether oxygens (including phenoxy) is 1. The summed E-state index contributed by atoms with van der Waals surface area (Å²) in [7, 11) is 0. The molecular weight excluding hydrogens is 254 g/mol. The van der Waals surface area contributed by atoms with Gasteiger partial charge in [-0.3, -0.25) is 0 Å². The summed E-state index contributed by atoms with van der Waals surface area (Å²) in [4.78, 5) is 2.64. The Balaban J connectivity index is 1.81. The van der Waals surface area contributed by atoms with Gasteiger partial charge in [0.05, 0.1) is 0 Å². The Hall–Kier alpha value is -1.32. The van der Waals surface area contributed by atoms with Crippen LogP contribution in [0.5, 0.6) is 5.75 Å². The fourth-order valence-corrected chi connectivity index (χ4v) is 2.67. The minimum Gasteiger partial charge on any atom is -0.488 e. The number of aryl methyl sites for hydroxylation is 1. The predicted octanol–water partition coefficient (Wildman–Crippen LogP) is 4.14. The van der Waals surface area contributed by atoms with Crippen molar-refractivity contribution in [1.29, 1.82) is 0 Å². The lowest BCUT2D eigenvalue weighted by Gasteiger charge is -2.04. The van der Waals surface area contributed by atoms with Crippen molar-refractivity contribution in [2.45, 2.75) is 33.4 Å². The molecule has 19 heavy (non-hydrogen) atoms. The van der Waals surface area contributed by atoms with Crippen molar-refractivity contribution in [3.8, 4) is 5.75 Å². The zero-order valence-electron chi connectivity index (χ0n) is 11.6. The quantitative estimate of drug-likeness (QED) is 0.767. The van der Waals surface area contributed by atoms with Crippen molar-refractivity contribution in [1.82, 2.24) is 5.32 Å². The minimum absolute atomic E-state index is 0.654. The first-order valence-electron chi connectivity index (χ1n) is 6.75. The van der Waals surface area contributed by atoms with E-state index in [1.54, 1.807) is 0 Å². The third-order valence-electron chi connectivity index (χ3n) is 2.85. The van der Waals surface area contributed by atoms with E-state index in [1.807, 2.05) is 23.5 Å². The summed E-state index contributed by atoms with van der Waals surface area (Å²) in [6, 6.07) is 12.5. The van der Waals surface area contributed by atoms with Gasteiger partial charge in [0.1, 0.15) is 12.4 Å². The summed E-state index contributed by atoms with van der Waals surface area (Å²) >= 11 is 1.82. The molecule has 0 aliphatic rings. The van der Waals surface area contributed by atoms with Gasteiger partial charge in [-0.2, -0.15) is 0 Å². The molecule has 0 unspecified atom stereocenters. The molecule has 0 aliphatic carbocycles. The molecule has 2 nitrogen and oxygen atoms in total. The van der Waals surface area contributed by atoms with Crippen LogP contribution in [0.25, 0.3) is 0 Å². The Bertz CT molecular complexity index is 490. The third-order valence-corrected chi connectivity index (χ3v) is 3.90. The molecule has 0 spiro atoms. The van der Waals surface area contributed by atoms with Crippen molar-refractivity contribution >= 4 is 11.3 Å². The van der Waals surface area contributed by atoms with Gasteiger partial charge < -0.3 is 10.1 Å². The molecule has 1 heterocycles. The molecule has 1 aromatic heterocycles. The van der Waals surface area contributed by atoms with Crippen LogP contribution in [-0.2, 0) is 13.2 Å². The molecular formula is C16H21NOS. The topological polar surface area (TPSA) is 21.3 Å². The summed E-state index contributed by atoms with van der Waals surface area (Å²) in [6.07, 6.45) is 1.18. The van der Waals surface area contributed by atoms with Gasteiger partial charge in [-0.15, -0.1) is 11.3 Å². The zero-order chi connectivity index (χ0) is 13.5. The Kier molecular flexibility index (Phi) is 5.43. The lowest BCUT2D eigenvalue weighted by atomic mass is 10.2. The largest absolute Gasteiger partial charge is 0.488 e. The van der Waals surface area contributed by atoms with E-state index in [1.165, 1.54) is 21.7 Å². The standard InChI is InChI=1S/C16H21NOS/c1-3-10-17-11-15-8-9-16(19-15)12-18-14-6-4-13(2)5-7-14/h4-9,17H,3,10-12H2,1-2H3. The lowest BCUT2D eigenvalue weighted by Crippen LogP contribution is -2.12. The van der Waals surface area contributed by atoms with E-state index in [0.29, 0.717) is 6.61 Å². The number of benzene rings is 1. The number of thiophene rings is 1. The van der Waals surface area contributed by atoms with Crippen molar-refractivity contribution in [2.24, 2.45) is 0 Å². The van der Waals surface area contributed by atoms with Crippen LogP contribution in [0.3, 0.4) is 0 Å². The van der Waals surface area contributed by atoms with Crippen LogP contribution >= 0.6 is 11.3 Å². The molecule has 0 atom stereocenters. The van der Waals surface area contributed by atoms with Crippen LogP contribution in [0.1, 0.15) is 28.7 Å². The summed E-state index contributed by atoms with van der Waals surface area (Å²) in [5, 5.41) is 3.41. The highest BCUT2D eigenvalue weighted by molar-refractivity contribution is 7.11. The van der Waals surface area contributed by atoms with Crippen LogP contribution in [0.15, 0.2) is 36.4 Å². The predicted molar refractivity (Wildman–Crippen MR) is 81.8 cm³/mol. The van der Waals surface area contributed by atoms with Gasteiger partial charge >= 0.3 is 0 Å². The van der Waals surface area contributed by atoms with Crippen molar-refractivity contribution in [2.75, 3.05) is 6.54 Å². The summed E-state index contributed by atoms with van der Waals surface area (Å²) < 4.78 is 5.78. The maximum absolute atomic E-state index is 5.78. The smallest absolute Gasteiger partial charge is 0.122 e.